The summed E-state index contributed by atoms with van der Waals surface area (Å²) in [5.41, 5.74) is 2.82. The SMILES string of the molecule is Cc1ccc(S(=O)(=O)O)c(CCCCCCC(C)C)c1C.N. The van der Waals surface area contributed by atoms with Crippen LogP contribution in [0.5, 0.6) is 0 Å². The van der Waals surface area contributed by atoms with E-state index in [4.69, 9.17) is 0 Å². The largest absolute Gasteiger partial charge is 0.344 e. The van der Waals surface area contributed by atoms with Crippen LogP contribution in [0.25, 0.3) is 0 Å². The molecule has 0 aromatic heterocycles. The first kappa shape index (κ1) is 21.1. The lowest BCUT2D eigenvalue weighted by Gasteiger charge is -2.13. The molecule has 0 aliphatic heterocycles. The van der Waals surface area contributed by atoms with E-state index >= 15 is 0 Å². The molecule has 4 N–H and O–H groups in total. The summed E-state index contributed by atoms with van der Waals surface area (Å²) in [7, 11) is -4.13. The molecule has 0 amide bonds. The second-order valence-corrected chi connectivity index (χ2v) is 7.70. The lowest BCUT2D eigenvalue weighted by Crippen LogP contribution is -2.06. The van der Waals surface area contributed by atoms with Crippen molar-refractivity contribution in [1.82, 2.24) is 6.15 Å². The van der Waals surface area contributed by atoms with Crippen molar-refractivity contribution in [3.05, 3.63) is 28.8 Å². The van der Waals surface area contributed by atoms with Crippen LogP contribution in [0, 0.1) is 19.8 Å². The number of rotatable bonds is 8. The van der Waals surface area contributed by atoms with E-state index in [0.29, 0.717) is 6.42 Å². The lowest BCUT2D eigenvalue weighted by atomic mass is 9.97. The first-order valence-electron chi connectivity index (χ1n) is 7.80. The quantitative estimate of drug-likeness (QED) is 0.526. The Labute approximate surface area is 135 Å². The van der Waals surface area contributed by atoms with Crippen LogP contribution in [0.4, 0.5) is 0 Å². The minimum absolute atomic E-state index is 0. The summed E-state index contributed by atoms with van der Waals surface area (Å²) in [6, 6.07) is 3.27. The zero-order valence-electron chi connectivity index (χ0n) is 14.4. The van der Waals surface area contributed by atoms with Gasteiger partial charge in [-0.1, -0.05) is 45.6 Å². The average Bonchev–Trinajstić information content (AvgIpc) is 2.36. The van der Waals surface area contributed by atoms with Crippen LogP contribution >= 0.6 is 0 Å². The number of aryl methyl sites for hydroxylation is 1. The molecule has 5 heteroatoms. The van der Waals surface area contributed by atoms with Crippen LogP contribution < -0.4 is 6.15 Å². The summed E-state index contributed by atoms with van der Waals surface area (Å²) >= 11 is 0. The molecule has 0 aliphatic rings. The van der Waals surface area contributed by atoms with E-state index in [9.17, 15) is 13.0 Å². The van der Waals surface area contributed by atoms with E-state index < -0.39 is 10.1 Å². The molecule has 4 nitrogen and oxygen atoms in total. The van der Waals surface area contributed by atoms with Crippen molar-refractivity contribution in [1.29, 1.82) is 0 Å². The Hall–Kier alpha value is -0.910. The van der Waals surface area contributed by atoms with E-state index in [1.807, 2.05) is 13.8 Å². The first-order valence-corrected chi connectivity index (χ1v) is 9.24. The van der Waals surface area contributed by atoms with Gasteiger partial charge >= 0.3 is 0 Å². The third-order valence-corrected chi connectivity index (χ3v) is 5.00. The summed E-state index contributed by atoms with van der Waals surface area (Å²) in [5.74, 6) is 0.746. The highest BCUT2D eigenvalue weighted by atomic mass is 32.2. The van der Waals surface area contributed by atoms with Gasteiger partial charge in [-0.15, -0.1) is 0 Å². The van der Waals surface area contributed by atoms with E-state index in [1.54, 1.807) is 6.07 Å². The zero-order chi connectivity index (χ0) is 16.0. The van der Waals surface area contributed by atoms with Crippen molar-refractivity contribution in [2.45, 2.75) is 71.1 Å². The Bertz CT molecular complexity index is 566. The minimum atomic E-state index is -4.13. The van der Waals surface area contributed by atoms with Gasteiger partial charge in [-0.2, -0.15) is 8.42 Å². The van der Waals surface area contributed by atoms with Crippen molar-refractivity contribution in [2.24, 2.45) is 5.92 Å². The smallest absolute Gasteiger partial charge is 0.294 e. The van der Waals surface area contributed by atoms with E-state index in [0.717, 1.165) is 35.4 Å². The predicted molar refractivity (Wildman–Crippen MR) is 92.4 cm³/mol. The number of hydrogen-bond acceptors (Lipinski definition) is 3. The molecule has 1 aromatic rings. The minimum Gasteiger partial charge on any atom is -0.344 e. The normalized spacial score (nSPS) is 11.5. The molecule has 1 aromatic carbocycles. The molecular weight excluding hydrogens is 298 g/mol. The van der Waals surface area contributed by atoms with Gasteiger partial charge in [0, 0.05) is 0 Å². The maximum atomic E-state index is 11.5. The molecule has 128 valence electrons. The number of benzene rings is 1. The Kier molecular flexibility index (Phi) is 8.89. The summed E-state index contributed by atoms with van der Waals surface area (Å²) in [4.78, 5) is 0.0766. The molecule has 1 rings (SSSR count). The van der Waals surface area contributed by atoms with E-state index in [2.05, 4.69) is 13.8 Å². The first-order chi connectivity index (χ1) is 9.73. The van der Waals surface area contributed by atoms with Gasteiger partial charge in [-0.3, -0.25) is 4.55 Å². The molecule has 0 bridgehead atoms. The van der Waals surface area contributed by atoms with Crippen molar-refractivity contribution in [2.75, 3.05) is 0 Å². The highest BCUT2D eigenvalue weighted by Gasteiger charge is 2.17. The molecule has 0 saturated heterocycles. The third kappa shape index (κ3) is 6.46. The summed E-state index contributed by atoms with van der Waals surface area (Å²) in [6.07, 6.45) is 6.44. The van der Waals surface area contributed by atoms with Gasteiger partial charge in [0.2, 0.25) is 0 Å². The van der Waals surface area contributed by atoms with Gasteiger partial charge in [-0.05, 0) is 55.4 Å². The Morgan fingerprint density at radius 3 is 2.18 bits per heavy atom. The van der Waals surface area contributed by atoms with Gasteiger partial charge in [0.15, 0.2) is 0 Å². The molecule has 0 saturated carbocycles. The summed E-state index contributed by atoms with van der Waals surface area (Å²) < 4.78 is 32.3. The van der Waals surface area contributed by atoms with Gasteiger partial charge in [0.25, 0.3) is 10.1 Å². The molecule has 0 fully saturated rings. The van der Waals surface area contributed by atoms with Crippen molar-refractivity contribution in [3.8, 4) is 0 Å². The Morgan fingerprint density at radius 2 is 1.64 bits per heavy atom. The second kappa shape index (κ2) is 9.28. The van der Waals surface area contributed by atoms with E-state index in [1.165, 1.54) is 25.3 Å². The fraction of sp³-hybridized carbons (Fsp3) is 0.647. The van der Waals surface area contributed by atoms with Crippen LogP contribution in [-0.2, 0) is 16.5 Å². The van der Waals surface area contributed by atoms with Gasteiger partial charge < -0.3 is 6.15 Å². The second-order valence-electron chi connectivity index (χ2n) is 6.31. The molecule has 0 spiro atoms. The van der Waals surface area contributed by atoms with Gasteiger partial charge in [0.1, 0.15) is 0 Å². The van der Waals surface area contributed by atoms with Crippen LogP contribution in [0.1, 0.15) is 62.6 Å². The van der Waals surface area contributed by atoms with E-state index in [-0.39, 0.29) is 11.0 Å². The summed E-state index contributed by atoms with van der Waals surface area (Å²) in [5, 5.41) is 0. The molecule has 0 aliphatic carbocycles. The molecule has 0 unspecified atom stereocenters. The lowest BCUT2D eigenvalue weighted by molar-refractivity contribution is 0.481. The molecule has 22 heavy (non-hydrogen) atoms. The van der Waals surface area contributed by atoms with Gasteiger partial charge in [0.05, 0.1) is 4.90 Å². The monoisotopic (exact) mass is 329 g/mol. The Morgan fingerprint density at radius 1 is 1.05 bits per heavy atom. The fourth-order valence-electron chi connectivity index (χ4n) is 2.61. The summed E-state index contributed by atoms with van der Waals surface area (Å²) in [6.45, 7) is 8.36. The van der Waals surface area contributed by atoms with Crippen molar-refractivity contribution >= 4 is 10.1 Å². The molecule has 0 radical (unpaired) electrons. The van der Waals surface area contributed by atoms with Crippen LogP contribution in [0.15, 0.2) is 17.0 Å². The van der Waals surface area contributed by atoms with Crippen LogP contribution in [-0.4, -0.2) is 13.0 Å². The fourth-order valence-corrected chi connectivity index (χ4v) is 3.42. The van der Waals surface area contributed by atoms with Gasteiger partial charge in [-0.25, -0.2) is 0 Å². The Balaban J connectivity index is 0.00000441. The predicted octanol–water partition coefficient (Wildman–Crippen LogP) is 4.86. The highest BCUT2D eigenvalue weighted by Crippen LogP contribution is 2.24. The van der Waals surface area contributed by atoms with Crippen LogP contribution in [0.3, 0.4) is 0 Å². The average molecular weight is 330 g/mol. The molecule has 0 atom stereocenters. The zero-order valence-corrected chi connectivity index (χ0v) is 15.2. The maximum absolute atomic E-state index is 11.5. The highest BCUT2D eigenvalue weighted by molar-refractivity contribution is 7.85. The number of unbranched alkanes of at least 4 members (excludes halogenated alkanes) is 3. The number of hydrogen-bond donors (Lipinski definition) is 2. The van der Waals surface area contributed by atoms with Crippen molar-refractivity contribution < 1.29 is 13.0 Å². The maximum Gasteiger partial charge on any atom is 0.294 e. The standard InChI is InChI=1S/C17H28O3S.H3N/c1-13(2)9-7-5-6-8-10-16-15(4)14(3)11-12-17(16)21(18,19)20;/h11-13H,5-10H2,1-4H3,(H,18,19,20);1H3. The molecular formula is C17H31NO3S. The van der Waals surface area contributed by atoms with Crippen LogP contribution in [0.2, 0.25) is 0 Å². The van der Waals surface area contributed by atoms with Crippen molar-refractivity contribution in [3.63, 3.8) is 0 Å². The molecule has 0 heterocycles. The third-order valence-electron chi connectivity index (χ3n) is 4.06. The topological polar surface area (TPSA) is 89.4 Å².